The number of halogens is 1. The minimum absolute atomic E-state index is 0.0418. The lowest BCUT2D eigenvalue weighted by molar-refractivity contribution is -0.123. The molecule has 0 atom stereocenters. The SMILES string of the molecule is COCCC(=O)NC1CCN(CC2(c3ccccc3F)CCCC2)CC1. The molecule has 2 fully saturated rings. The molecule has 3 rings (SSSR count). The summed E-state index contributed by atoms with van der Waals surface area (Å²) >= 11 is 0. The number of nitrogens with one attached hydrogen (secondary N) is 1. The van der Waals surface area contributed by atoms with Gasteiger partial charge in [-0.15, -0.1) is 0 Å². The Kier molecular flexibility index (Phi) is 6.65. The monoisotopic (exact) mass is 362 g/mol. The predicted octanol–water partition coefficient (Wildman–Crippen LogP) is 3.25. The quantitative estimate of drug-likeness (QED) is 0.810. The minimum Gasteiger partial charge on any atom is -0.384 e. The van der Waals surface area contributed by atoms with Crippen LogP contribution >= 0.6 is 0 Å². The highest BCUT2D eigenvalue weighted by molar-refractivity contribution is 5.76. The van der Waals surface area contributed by atoms with E-state index in [2.05, 4.69) is 10.2 Å². The van der Waals surface area contributed by atoms with Gasteiger partial charge in [-0.1, -0.05) is 31.0 Å². The molecule has 0 radical (unpaired) electrons. The maximum Gasteiger partial charge on any atom is 0.222 e. The minimum atomic E-state index is -0.0605. The smallest absolute Gasteiger partial charge is 0.222 e. The molecular weight excluding hydrogens is 331 g/mol. The molecule has 4 nitrogen and oxygen atoms in total. The van der Waals surface area contributed by atoms with Crippen LogP contribution in [0.3, 0.4) is 0 Å². The molecule has 1 aliphatic heterocycles. The zero-order valence-electron chi connectivity index (χ0n) is 15.8. The zero-order chi connectivity index (χ0) is 18.4. The van der Waals surface area contributed by atoms with Gasteiger partial charge < -0.3 is 15.0 Å². The molecule has 144 valence electrons. The number of benzene rings is 1. The van der Waals surface area contributed by atoms with Crippen molar-refractivity contribution in [2.45, 2.75) is 56.4 Å². The molecule has 2 aliphatic rings. The number of carbonyl (C=O) groups is 1. The van der Waals surface area contributed by atoms with Crippen molar-refractivity contribution in [3.05, 3.63) is 35.6 Å². The van der Waals surface area contributed by atoms with Crippen molar-refractivity contribution < 1.29 is 13.9 Å². The molecule has 1 aliphatic carbocycles. The van der Waals surface area contributed by atoms with Crippen LogP contribution in [0.5, 0.6) is 0 Å². The number of nitrogens with zero attached hydrogens (tertiary/aromatic N) is 1. The summed E-state index contributed by atoms with van der Waals surface area (Å²) in [7, 11) is 1.61. The fraction of sp³-hybridized carbons (Fsp3) is 0.667. The summed E-state index contributed by atoms with van der Waals surface area (Å²) in [4.78, 5) is 14.3. The van der Waals surface area contributed by atoms with Crippen LogP contribution in [0.2, 0.25) is 0 Å². The van der Waals surface area contributed by atoms with Gasteiger partial charge in [-0.2, -0.15) is 0 Å². The highest BCUT2D eigenvalue weighted by Gasteiger charge is 2.39. The van der Waals surface area contributed by atoms with Crippen molar-refractivity contribution in [3.63, 3.8) is 0 Å². The van der Waals surface area contributed by atoms with Gasteiger partial charge in [0.1, 0.15) is 5.82 Å². The molecule has 0 bridgehead atoms. The van der Waals surface area contributed by atoms with E-state index in [0.29, 0.717) is 13.0 Å². The van der Waals surface area contributed by atoms with E-state index in [4.69, 9.17) is 4.74 Å². The van der Waals surface area contributed by atoms with E-state index in [9.17, 15) is 9.18 Å². The second kappa shape index (κ2) is 8.96. The van der Waals surface area contributed by atoms with Gasteiger partial charge in [0.05, 0.1) is 6.61 Å². The van der Waals surface area contributed by atoms with Gasteiger partial charge >= 0.3 is 0 Å². The van der Waals surface area contributed by atoms with Gasteiger partial charge in [0.2, 0.25) is 5.91 Å². The summed E-state index contributed by atoms with van der Waals surface area (Å²) in [6.07, 6.45) is 6.86. The summed E-state index contributed by atoms with van der Waals surface area (Å²) in [5, 5.41) is 3.11. The molecule has 1 aromatic rings. The lowest BCUT2D eigenvalue weighted by Gasteiger charge is -2.39. The third-order valence-corrected chi connectivity index (χ3v) is 6.02. The van der Waals surface area contributed by atoms with Crippen molar-refractivity contribution in [3.8, 4) is 0 Å². The number of methoxy groups -OCH3 is 1. The molecule has 0 aromatic heterocycles. The summed E-state index contributed by atoms with van der Waals surface area (Å²) in [6.45, 7) is 3.32. The molecule has 0 unspecified atom stereocenters. The first kappa shape index (κ1) is 19.3. The molecule has 1 heterocycles. The number of ether oxygens (including phenoxy) is 1. The standard InChI is InChI=1S/C21H31FN2O2/c1-26-15-10-20(25)23-17-8-13-24(14-9-17)16-21(11-4-5-12-21)18-6-2-3-7-19(18)22/h2-3,6-7,17H,4-5,8-16H2,1H3,(H,23,25). The molecule has 0 spiro atoms. The van der Waals surface area contributed by atoms with E-state index in [1.165, 1.54) is 12.8 Å². The van der Waals surface area contributed by atoms with Gasteiger partial charge in [-0.05, 0) is 37.3 Å². The largest absolute Gasteiger partial charge is 0.384 e. The molecule has 1 saturated heterocycles. The average Bonchev–Trinajstić information content (AvgIpc) is 3.11. The lowest BCUT2D eigenvalue weighted by atomic mass is 9.77. The third-order valence-electron chi connectivity index (χ3n) is 6.02. The van der Waals surface area contributed by atoms with Crippen molar-refractivity contribution in [1.29, 1.82) is 0 Å². The first-order valence-electron chi connectivity index (χ1n) is 9.89. The van der Waals surface area contributed by atoms with Gasteiger partial charge in [0.25, 0.3) is 0 Å². The topological polar surface area (TPSA) is 41.6 Å². The maximum atomic E-state index is 14.5. The van der Waals surface area contributed by atoms with E-state index in [0.717, 1.165) is 50.9 Å². The Bertz CT molecular complexity index is 593. The number of piperidine rings is 1. The molecule has 26 heavy (non-hydrogen) atoms. The second-order valence-corrected chi connectivity index (χ2v) is 7.83. The fourth-order valence-corrected chi connectivity index (χ4v) is 4.61. The van der Waals surface area contributed by atoms with Crippen LogP contribution in [-0.4, -0.2) is 50.2 Å². The Morgan fingerprint density at radius 1 is 1.27 bits per heavy atom. The highest BCUT2D eigenvalue weighted by Crippen LogP contribution is 2.43. The highest BCUT2D eigenvalue weighted by atomic mass is 19.1. The average molecular weight is 362 g/mol. The molecule has 1 N–H and O–H groups in total. The number of amides is 1. The van der Waals surface area contributed by atoms with Crippen LogP contribution in [0.4, 0.5) is 4.39 Å². The fourth-order valence-electron chi connectivity index (χ4n) is 4.61. The van der Waals surface area contributed by atoms with E-state index >= 15 is 0 Å². The van der Waals surface area contributed by atoms with E-state index in [-0.39, 0.29) is 23.2 Å². The Morgan fingerprint density at radius 3 is 2.62 bits per heavy atom. The van der Waals surface area contributed by atoms with Crippen LogP contribution in [0.1, 0.15) is 50.5 Å². The molecule has 1 aromatic carbocycles. The van der Waals surface area contributed by atoms with Crippen molar-refractivity contribution in [1.82, 2.24) is 10.2 Å². The number of carbonyl (C=O) groups excluding carboxylic acids is 1. The number of rotatable bonds is 7. The molecule has 1 amide bonds. The third kappa shape index (κ3) is 4.63. The van der Waals surface area contributed by atoms with Crippen molar-refractivity contribution >= 4 is 5.91 Å². The van der Waals surface area contributed by atoms with Crippen LogP contribution in [0.25, 0.3) is 0 Å². The van der Waals surface area contributed by atoms with Crippen LogP contribution in [-0.2, 0) is 14.9 Å². The van der Waals surface area contributed by atoms with Gasteiger partial charge in [-0.3, -0.25) is 4.79 Å². The Hall–Kier alpha value is -1.46. The molecular formula is C21H31FN2O2. The van der Waals surface area contributed by atoms with Crippen LogP contribution in [0, 0.1) is 5.82 Å². The van der Waals surface area contributed by atoms with E-state index < -0.39 is 0 Å². The summed E-state index contributed by atoms with van der Waals surface area (Å²) in [5.74, 6) is 0.0126. The molecule has 1 saturated carbocycles. The predicted molar refractivity (Wildman–Crippen MR) is 101 cm³/mol. The maximum absolute atomic E-state index is 14.5. The van der Waals surface area contributed by atoms with Gasteiger partial charge in [0.15, 0.2) is 0 Å². The first-order valence-corrected chi connectivity index (χ1v) is 9.89. The van der Waals surface area contributed by atoms with Gasteiger partial charge in [0, 0.05) is 44.6 Å². The van der Waals surface area contributed by atoms with E-state index in [1.54, 1.807) is 19.2 Å². The normalized spacial score (nSPS) is 21.0. The second-order valence-electron chi connectivity index (χ2n) is 7.83. The summed E-state index contributed by atoms with van der Waals surface area (Å²) in [6, 6.07) is 7.56. The Balaban J connectivity index is 1.56. The first-order chi connectivity index (χ1) is 12.6. The summed E-state index contributed by atoms with van der Waals surface area (Å²) in [5.41, 5.74) is 0.854. The van der Waals surface area contributed by atoms with Crippen molar-refractivity contribution in [2.75, 3.05) is 33.4 Å². The summed E-state index contributed by atoms with van der Waals surface area (Å²) < 4.78 is 19.4. The number of hydrogen-bond donors (Lipinski definition) is 1. The lowest BCUT2D eigenvalue weighted by Crippen LogP contribution is -2.48. The Morgan fingerprint density at radius 2 is 1.96 bits per heavy atom. The number of likely N-dealkylation sites (tertiary alicyclic amines) is 1. The van der Waals surface area contributed by atoms with Crippen LogP contribution < -0.4 is 5.32 Å². The van der Waals surface area contributed by atoms with Crippen molar-refractivity contribution in [2.24, 2.45) is 0 Å². The van der Waals surface area contributed by atoms with Gasteiger partial charge in [-0.25, -0.2) is 4.39 Å². The zero-order valence-corrected chi connectivity index (χ0v) is 15.8. The Labute approximate surface area is 156 Å². The molecule has 5 heteroatoms. The van der Waals surface area contributed by atoms with Crippen LogP contribution in [0.15, 0.2) is 24.3 Å². The number of hydrogen-bond acceptors (Lipinski definition) is 3. The van der Waals surface area contributed by atoms with E-state index in [1.807, 2.05) is 12.1 Å².